The van der Waals surface area contributed by atoms with Crippen molar-refractivity contribution in [2.75, 3.05) is 0 Å². The highest BCUT2D eigenvalue weighted by atomic mass is 79.9. The van der Waals surface area contributed by atoms with Gasteiger partial charge in [0.15, 0.2) is 0 Å². The second kappa shape index (κ2) is 4.02. The van der Waals surface area contributed by atoms with E-state index < -0.39 is 0 Å². The molecule has 0 fully saturated rings. The fourth-order valence-corrected chi connectivity index (χ4v) is 2.62. The average Bonchev–Trinajstić information content (AvgIpc) is 2.29. The van der Waals surface area contributed by atoms with E-state index in [4.69, 9.17) is 11.6 Å². The fraction of sp³-hybridized carbons (Fsp3) is 0.455. The third-order valence-electron chi connectivity index (χ3n) is 2.60. The first-order valence-electron chi connectivity index (χ1n) is 4.70. The van der Waals surface area contributed by atoms with Gasteiger partial charge in [-0.25, -0.2) is 0 Å². The Kier molecular flexibility index (Phi) is 2.95. The van der Waals surface area contributed by atoms with Crippen LogP contribution in [0.5, 0.6) is 0 Å². The second-order valence-electron chi connectivity index (χ2n) is 3.56. The summed E-state index contributed by atoms with van der Waals surface area (Å²) in [7, 11) is 0. The van der Waals surface area contributed by atoms with Crippen LogP contribution in [0, 0.1) is 0 Å². The molecule has 13 heavy (non-hydrogen) atoms. The minimum absolute atomic E-state index is 0.218. The van der Waals surface area contributed by atoms with E-state index in [9.17, 15) is 0 Å². The first-order valence-corrected chi connectivity index (χ1v) is 5.93. The number of fused-ring (bicyclic) bond motifs is 1. The highest BCUT2D eigenvalue weighted by Gasteiger charge is 2.16. The molecule has 70 valence electrons. The first kappa shape index (κ1) is 9.54. The van der Waals surface area contributed by atoms with Gasteiger partial charge in [-0.3, -0.25) is 0 Å². The van der Waals surface area contributed by atoms with Gasteiger partial charge in [0.05, 0.1) is 5.38 Å². The number of hydrogen-bond donors (Lipinski definition) is 0. The van der Waals surface area contributed by atoms with Crippen LogP contribution in [-0.2, 0) is 6.42 Å². The van der Waals surface area contributed by atoms with Crippen molar-refractivity contribution in [3.8, 4) is 0 Å². The summed E-state index contributed by atoms with van der Waals surface area (Å²) in [5, 5.41) is 0.218. The molecule has 0 amide bonds. The standard InChI is InChI=1S/C11H12BrCl/c12-9-6-5-8-3-1-2-4-11(13)10(8)7-9/h5-7,11H,1-4H2. The van der Waals surface area contributed by atoms with Gasteiger partial charge in [-0.15, -0.1) is 11.6 Å². The lowest BCUT2D eigenvalue weighted by molar-refractivity contribution is 0.700. The molecule has 0 aromatic heterocycles. The van der Waals surface area contributed by atoms with E-state index in [2.05, 4.69) is 34.1 Å². The molecular formula is C11H12BrCl. The molecule has 0 nitrogen and oxygen atoms in total. The topological polar surface area (TPSA) is 0 Å². The highest BCUT2D eigenvalue weighted by Crippen LogP contribution is 2.34. The van der Waals surface area contributed by atoms with E-state index in [1.807, 2.05) is 0 Å². The lowest BCUT2D eigenvalue weighted by atomic mass is 10.0. The number of rotatable bonds is 0. The molecule has 1 atom stereocenters. The largest absolute Gasteiger partial charge is 0.118 e. The van der Waals surface area contributed by atoms with Crippen LogP contribution in [0.1, 0.15) is 35.8 Å². The van der Waals surface area contributed by atoms with E-state index in [1.54, 1.807) is 0 Å². The quantitative estimate of drug-likeness (QED) is 0.477. The molecule has 1 unspecified atom stereocenters. The van der Waals surface area contributed by atoms with Crippen molar-refractivity contribution in [2.45, 2.75) is 31.1 Å². The van der Waals surface area contributed by atoms with Crippen LogP contribution < -0.4 is 0 Å². The van der Waals surface area contributed by atoms with Crippen LogP contribution in [-0.4, -0.2) is 0 Å². The van der Waals surface area contributed by atoms with E-state index in [0.29, 0.717) is 0 Å². The van der Waals surface area contributed by atoms with Gasteiger partial charge in [0.25, 0.3) is 0 Å². The average molecular weight is 260 g/mol. The van der Waals surface area contributed by atoms with Crippen LogP contribution in [0.3, 0.4) is 0 Å². The summed E-state index contributed by atoms with van der Waals surface area (Å²) >= 11 is 9.79. The number of alkyl halides is 1. The van der Waals surface area contributed by atoms with Gasteiger partial charge >= 0.3 is 0 Å². The normalized spacial score (nSPS) is 22.2. The zero-order valence-corrected chi connectivity index (χ0v) is 9.74. The van der Waals surface area contributed by atoms with Gasteiger partial charge in [-0.1, -0.05) is 28.4 Å². The molecule has 2 heteroatoms. The lowest BCUT2D eigenvalue weighted by Gasteiger charge is -2.10. The molecular weight excluding hydrogens is 247 g/mol. The first-order chi connectivity index (χ1) is 6.27. The predicted molar refractivity (Wildman–Crippen MR) is 60.3 cm³/mol. The molecule has 2 rings (SSSR count). The van der Waals surface area contributed by atoms with Crippen LogP contribution in [0.25, 0.3) is 0 Å². The Morgan fingerprint density at radius 3 is 3.00 bits per heavy atom. The summed E-state index contributed by atoms with van der Waals surface area (Å²) in [4.78, 5) is 0. The third-order valence-corrected chi connectivity index (χ3v) is 3.55. The summed E-state index contributed by atoms with van der Waals surface area (Å²) in [6, 6.07) is 6.46. The monoisotopic (exact) mass is 258 g/mol. The fourth-order valence-electron chi connectivity index (χ4n) is 1.88. The second-order valence-corrected chi connectivity index (χ2v) is 5.00. The molecule has 0 saturated carbocycles. The maximum Gasteiger partial charge on any atom is 0.0588 e. The van der Waals surface area contributed by atoms with Gasteiger partial charge in [-0.05, 0) is 42.5 Å². The van der Waals surface area contributed by atoms with E-state index in [-0.39, 0.29) is 5.38 Å². The van der Waals surface area contributed by atoms with Gasteiger partial charge in [-0.2, -0.15) is 0 Å². The van der Waals surface area contributed by atoms with Crippen LogP contribution >= 0.6 is 27.5 Å². The van der Waals surface area contributed by atoms with Crippen molar-refractivity contribution in [2.24, 2.45) is 0 Å². The number of benzene rings is 1. The lowest BCUT2D eigenvalue weighted by Crippen LogP contribution is -1.92. The minimum Gasteiger partial charge on any atom is -0.118 e. The Morgan fingerprint density at radius 1 is 1.31 bits per heavy atom. The van der Waals surface area contributed by atoms with Crippen molar-refractivity contribution >= 4 is 27.5 Å². The molecule has 0 spiro atoms. The molecule has 1 aromatic carbocycles. The summed E-state index contributed by atoms with van der Waals surface area (Å²) in [5.74, 6) is 0. The maximum atomic E-state index is 6.30. The van der Waals surface area contributed by atoms with E-state index in [1.165, 1.54) is 30.4 Å². The van der Waals surface area contributed by atoms with Crippen LogP contribution in [0.4, 0.5) is 0 Å². The molecule has 0 saturated heterocycles. The number of aryl methyl sites for hydroxylation is 1. The predicted octanol–water partition coefficient (Wildman–Crippen LogP) is 4.46. The molecule has 0 N–H and O–H groups in total. The van der Waals surface area contributed by atoms with Crippen molar-refractivity contribution < 1.29 is 0 Å². The zero-order chi connectivity index (χ0) is 9.26. The zero-order valence-electron chi connectivity index (χ0n) is 7.39. The summed E-state index contributed by atoms with van der Waals surface area (Å²) in [5.41, 5.74) is 2.76. The molecule has 0 aliphatic heterocycles. The van der Waals surface area contributed by atoms with E-state index >= 15 is 0 Å². The Bertz CT molecular complexity index is 309. The van der Waals surface area contributed by atoms with Gasteiger partial charge in [0.2, 0.25) is 0 Å². The van der Waals surface area contributed by atoms with Crippen molar-refractivity contribution in [3.63, 3.8) is 0 Å². The molecule has 0 bridgehead atoms. The Labute approximate surface area is 92.4 Å². The van der Waals surface area contributed by atoms with Gasteiger partial charge in [0.1, 0.15) is 0 Å². The Hall–Kier alpha value is -0.0100. The summed E-state index contributed by atoms with van der Waals surface area (Å²) in [6.45, 7) is 0. The SMILES string of the molecule is ClC1CCCCc2ccc(Br)cc21. The molecule has 1 aliphatic rings. The summed E-state index contributed by atoms with van der Waals surface area (Å²) < 4.78 is 1.14. The summed E-state index contributed by atoms with van der Waals surface area (Å²) in [6.07, 6.45) is 4.83. The van der Waals surface area contributed by atoms with Crippen molar-refractivity contribution in [1.82, 2.24) is 0 Å². The molecule has 0 heterocycles. The third kappa shape index (κ3) is 2.08. The van der Waals surface area contributed by atoms with Crippen LogP contribution in [0.15, 0.2) is 22.7 Å². The van der Waals surface area contributed by atoms with Crippen molar-refractivity contribution in [3.05, 3.63) is 33.8 Å². The van der Waals surface area contributed by atoms with E-state index in [0.717, 1.165) is 10.9 Å². The minimum atomic E-state index is 0.218. The molecule has 0 radical (unpaired) electrons. The maximum absolute atomic E-state index is 6.30. The smallest absolute Gasteiger partial charge is 0.0588 e. The van der Waals surface area contributed by atoms with Crippen LogP contribution in [0.2, 0.25) is 0 Å². The van der Waals surface area contributed by atoms with Gasteiger partial charge < -0.3 is 0 Å². The number of hydrogen-bond acceptors (Lipinski definition) is 0. The van der Waals surface area contributed by atoms with Crippen molar-refractivity contribution in [1.29, 1.82) is 0 Å². The molecule has 1 aliphatic carbocycles. The molecule has 1 aromatic rings. The Balaban J connectivity index is 2.43. The number of halogens is 2. The van der Waals surface area contributed by atoms with Gasteiger partial charge in [0, 0.05) is 4.47 Å². The Morgan fingerprint density at radius 2 is 2.15 bits per heavy atom. The highest BCUT2D eigenvalue weighted by molar-refractivity contribution is 9.10.